The van der Waals surface area contributed by atoms with E-state index in [2.05, 4.69) is 30.3 Å². The highest BCUT2D eigenvalue weighted by Gasteiger charge is 2.27. The number of thiophene rings is 1. The Bertz CT molecular complexity index is 607. The Hall–Kier alpha value is -1.20. The number of aromatic nitrogens is 2. The first kappa shape index (κ1) is 13.8. The van der Waals surface area contributed by atoms with E-state index in [1.807, 2.05) is 0 Å². The van der Waals surface area contributed by atoms with Crippen LogP contribution in [-0.2, 0) is 6.42 Å². The third kappa shape index (κ3) is 2.40. The van der Waals surface area contributed by atoms with E-state index in [9.17, 15) is 0 Å². The number of anilines is 1. The van der Waals surface area contributed by atoms with Crippen LogP contribution in [0, 0.1) is 5.92 Å². The molecule has 0 radical (unpaired) electrons. The van der Waals surface area contributed by atoms with Gasteiger partial charge in [-0.05, 0) is 37.7 Å². The molecule has 0 saturated heterocycles. The molecule has 4 nitrogen and oxygen atoms in total. The van der Waals surface area contributed by atoms with Crippen molar-refractivity contribution in [3.63, 3.8) is 0 Å². The zero-order valence-electron chi connectivity index (χ0n) is 12.1. The zero-order chi connectivity index (χ0) is 14.1. The number of hydrazine groups is 1. The van der Waals surface area contributed by atoms with Gasteiger partial charge in [0.1, 0.15) is 10.7 Å². The van der Waals surface area contributed by atoms with Crippen LogP contribution in [0.2, 0.25) is 0 Å². The number of hydrogen-bond acceptors (Lipinski definition) is 5. The molecule has 2 aromatic heterocycles. The van der Waals surface area contributed by atoms with Gasteiger partial charge in [-0.3, -0.25) is 0 Å². The molecular weight excluding hydrogens is 268 g/mol. The number of fused-ring (bicyclic) bond motifs is 1. The van der Waals surface area contributed by atoms with Gasteiger partial charge in [0.25, 0.3) is 0 Å². The standard InChI is InChI=1S/C15H22N4S/c1-3-9-5-6-10(7-9)13-17-14(19-16)12-8-11(4-2)20-15(12)18-13/h8-10H,3-7,16H2,1-2H3,(H,17,18,19). The van der Waals surface area contributed by atoms with Gasteiger partial charge >= 0.3 is 0 Å². The third-order valence-corrected chi connectivity index (χ3v) is 5.60. The Balaban J connectivity index is 1.99. The summed E-state index contributed by atoms with van der Waals surface area (Å²) < 4.78 is 0. The van der Waals surface area contributed by atoms with Crippen LogP contribution >= 0.6 is 11.3 Å². The molecule has 1 saturated carbocycles. The van der Waals surface area contributed by atoms with Gasteiger partial charge in [-0.25, -0.2) is 15.8 Å². The van der Waals surface area contributed by atoms with Crippen molar-refractivity contribution >= 4 is 27.4 Å². The summed E-state index contributed by atoms with van der Waals surface area (Å²) in [5, 5.41) is 1.06. The average Bonchev–Trinajstić information content (AvgIpc) is 3.11. The van der Waals surface area contributed by atoms with Crippen molar-refractivity contribution in [2.75, 3.05) is 5.43 Å². The molecule has 5 heteroatoms. The van der Waals surface area contributed by atoms with Gasteiger partial charge in [-0.15, -0.1) is 11.3 Å². The minimum Gasteiger partial charge on any atom is -0.308 e. The largest absolute Gasteiger partial charge is 0.308 e. The van der Waals surface area contributed by atoms with Crippen LogP contribution in [-0.4, -0.2) is 9.97 Å². The molecular formula is C15H22N4S. The van der Waals surface area contributed by atoms with Crippen molar-refractivity contribution in [2.24, 2.45) is 11.8 Å². The van der Waals surface area contributed by atoms with Crippen LogP contribution in [0.1, 0.15) is 56.2 Å². The van der Waals surface area contributed by atoms with Crippen LogP contribution < -0.4 is 11.3 Å². The quantitative estimate of drug-likeness (QED) is 0.663. The van der Waals surface area contributed by atoms with Gasteiger partial charge in [0.15, 0.2) is 5.82 Å². The maximum absolute atomic E-state index is 5.65. The van der Waals surface area contributed by atoms with E-state index in [4.69, 9.17) is 10.8 Å². The molecule has 0 bridgehead atoms. The van der Waals surface area contributed by atoms with E-state index in [1.54, 1.807) is 11.3 Å². The first-order chi connectivity index (χ1) is 9.75. The molecule has 2 aromatic rings. The molecule has 20 heavy (non-hydrogen) atoms. The van der Waals surface area contributed by atoms with Crippen molar-refractivity contribution in [3.05, 3.63) is 16.8 Å². The molecule has 0 aliphatic heterocycles. The van der Waals surface area contributed by atoms with Gasteiger partial charge in [-0.2, -0.15) is 0 Å². The van der Waals surface area contributed by atoms with E-state index >= 15 is 0 Å². The lowest BCUT2D eigenvalue weighted by atomic mass is 10.0. The fourth-order valence-corrected chi connectivity index (χ4v) is 4.11. The summed E-state index contributed by atoms with van der Waals surface area (Å²) in [6.45, 7) is 4.44. The Morgan fingerprint density at radius 3 is 2.85 bits per heavy atom. The Morgan fingerprint density at radius 1 is 1.35 bits per heavy atom. The second-order valence-electron chi connectivity index (χ2n) is 5.64. The maximum atomic E-state index is 5.65. The number of hydrogen-bond donors (Lipinski definition) is 2. The molecule has 3 N–H and O–H groups in total. The fraction of sp³-hybridized carbons (Fsp3) is 0.600. The van der Waals surface area contributed by atoms with E-state index in [0.29, 0.717) is 5.92 Å². The highest BCUT2D eigenvalue weighted by Crippen LogP contribution is 2.40. The first-order valence-corrected chi connectivity index (χ1v) is 8.33. The highest BCUT2D eigenvalue weighted by atomic mass is 32.1. The first-order valence-electron chi connectivity index (χ1n) is 7.52. The average molecular weight is 290 g/mol. The summed E-state index contributed by atoms with van der Waals surface area (Å²) in [5.41, 5.74) is 2.75. The minimum atomic E-state index is 0.503. The monoisotopic (exact) mass is 290 g/mol. The summed E-state index contributed by atoms with van der Waals surface area (Å²) in [6, 6.07) is 2.16. The number of rotatable bonds is 4. The van der Waals surface area contributed by atoms with E-state index in [0.717, 1.165) is 34.2 Å². The maximum Gasteiger partial charge on any atom is 0.152 e. The molecule has 1 aliphatic rings. The normalized spacial score (nSPS) is 22.6. The lowest BCUT2D eigenvalue weighted by molar-refractivity contribution is 0.517. The summed E-state index contributed by atoms with van der Waals surface area (Å²) in [5.74, 6) is 8.75. The second kappa shape index (κ2) is 5.66. The minimum absolute atomic E-state index is 0.503. The predicted molar refractivity (Wildman–Crippen MR) is 85.0 cm³/mol. The highest BCUT2D eigenvalue weighted by molar-refractivity contribution is 7.18. The lowest BCUT2D eigenvalue weighted by Gasteiger charge is -2.11. The van der Waals surface area contributed by atoms with Crippen LogP contribution in [0.5, 0.6) is 0 Å². The molecule has 2 atom stereocenters. The number of nitrogen functional groups attached to an aromatic ring is 1. The van der Waals surface area contributed by atoms with E-state index < -0.39 is 0 Å². The molecule has 0 aromatic carbocycles. The summed E-state index contributed by atoms with van der Waals surface area (Å²) in [4.78, 5) is 11.9. The van der Waals surface area contributed by atoms with Gasteiger partial charge in [0.05, 0.1) is 5.39 Å². The molecule has 108 valence electrons. The molecule has 2 unspecified atom stereocenters. The van der Waals surface area contributed by atoms with Crippen molar-refractivity contribution in [1.82, 2.24) is 9.97 Å². The Kier molecular flexibility index (Phi) is 3.89. The van der Waals surface area contributed by atoms with Crippen molar-refractivity contribution in [1.29, 1.82) is 0 Å². The van der Waals surface area contributed by atoms with Crippen molar-refractivity contribution in [3.8, 4) is 0 Å². The van der Waals surface area contributed by atoms with E-state index in [1.165, 1.54) is 30.6 Å². The van der Waals surface area contributed by atoms with Crippen molar-refractivity contribution < 1.29 is 0 Å². The van der Waals surface area contributed by atoms with Gasteiger partial charge < -0.3 is 5.43 Å². The smallest absolute Gasteiger partial charge is 0.152 e. The summed E-state index contributed by atoms with van der Waals surface area (Å²) >= 11 is 1.76. The molecule has 2 heterocycles. The number of aryl methyl sites for hydroxylation is 1. The lowest BCUT2D eigenvalue weighted by Crippen LogP contribution is -2.11. The number of nitrogens with zero attached hydrogens (tertiary/aromatic N) is 2. The Morgan fingerprint density at radius 2 is 2.20 bits per heavy atom. The second-order valence-corrected chi connectivity index (χ2v) is 6.76. The zero-order valence-corrected chi connectivity index (χ0v) is 13.0. The molecule has 1 aliphatic carbocycles. The van der Waals surface area contributed by atoms with Gasteiger partial charge in [-0.1, -0.05) is 20.3 Å². The molecule has 1 fully saturated rings. The van der Waals surface area contributed by atoms with Crippen LogP contribution in [0.4, 0.5) is 5.82 Å². The third-order valence-electron chi connectivity index (χ3n) is 4.43. The van der Waals surface area contributed by atoms with Crippen LogP contribution in [0.15, 0.2) is 6.07 Å². The van der Waals surface area contributed by atoms with Crippen molar-refractivity contribution in [2.45, 2.75) is 51.9 Å². The molecule has 3 rings (SSSR count). The summed E-state index contributed by atoms with van der Waals surface area (Å²) in [7, 11) is 0. The summed E-state index contributed by atoms with van der Waals surface area (Å²) in [6.07, 6.45) is 6.03. The fourth-order valence-electron chi connectivity index (χ4n) is 3.13. The topological polar surface area (TPSA) is 63.8 Å². The molecule has 0 spiro atoms. The van der Waals surface area contributed by atoms with E-state index in [-0.39, 0.29) is 0 Å². The predicted octanol–water partition coefficient (Wildman–Crippen LogP) is 3.83. The Labute approximate surface area is 123 Å². The molecule has 0 amide bonds. The number of nitrogens with two attached hydrogens (primary N) is 1. The SMILES string of the molecule is CCc1cc2c(NN)nc(C3CCC(CC)C3)nc2s1. The van der Waals surface area contributed by atoms with Crippen LogP contribution in [0.25, 0.3) is 10.2 Å². The van der Waals surface area contributed by atoms with Crippen LogP contribution in [0.3, 0.4) is 0 Å². The number of nitrogens with one attached hydrogen (secondary N) is 1. The van der Waals surface area contributed by atoms with Gasteiger partial charge in [0.2, 0.25) is 0 Å². The van der Waals surface area contributed by atoms with Gasteiger partial charge in [0, 0.05) is 10.8 Å².